The molecular weight excluding hydrogens is 226 g/mol. The summed E-state index contributed by atoms with van der Waals surface area (Å²) in [6.45, 7) is 6.32. The first-order valence-electron chi connectivity index (χ1n) is 6.29. The van der Waals surface area contributed by atoms with E-state index in [4.69, 9.17) is 5.26 Å². The van der Waals surface area contributed by atoms with Gasteiger partial charge >= 0.3 is 0 Å². The Hall–Kier alpha value is -1.64. The summed E-state index contributed by atoms with van der Waals surface area (Å²) < 4.78 is 0. The normalized spacial score (nSPS) is 17.3. The second-order valence-corrected chi connectivity index (χ2v) is 4.58. The van der Waals surface area contributed by atoms with Gasteiger partial charge in [0.25, 0.3) is 0 Å². The number of hydrogen-bond acceptors (Lipinski definition) is 5. The van der Waals surface area contributed by atoms with Crippen LogP contribution in [-0.2, 0) is 0 Å². The molecule has 1 aromatic rings. The van der Waals surface area contributed by atoms with Crippen molar-refractivity contribution in [3.8, 4) is 6.07 Å². The molecule has 5 nitrogen and oxygen atoms in total. The van der Waals surface area contributed by atoms with Crippen LogP contribution >= 0.6 is 0 Å². The van der Waals surface area contributed by atoms with Gasteiger partial charge in [0.15, 0.2) is 0 Å². The molecule has 1 saturated heterocycles. The summed E-state index contributed by atoms with van der Waals surface area (Å²) in [5.41, 5.74) is 0.607. The topological polar surface area (TPSA) is 55.2 Å². The number of pyridine rings is 1. The van der Waals surface area contributed by atoms with Crippen LogP contribution in [0.3, 0.4) is 0 Å². The van der Waals surface area contributed by atoms with Gasteiger partial charge in [-0.15, -0.1) is 0 Å². The highest BCUT2D eigenvalue weighted by Gasteiger charge is 2.13. The van der Waals surface area contributed by atoms with E-state index in [2.05, 4.69) is 33.2 Å². The third-order valence-corrected chi connectivity index (χ3v) is 3.24. The van der Waals surface area contributed by atoms with E-state index in [-0.39, 0.29) is 0 Å². The lowest BCUT2D eigenvalue weighted by Crippen LogP contribution is -2.45. The summed E-state index contributed by atoms with van der Waals surface area (Å²) in [4.78, 5) is 8.96. The maximum atomic E-state index is 8.95. The molecule has 0 unspecified atom stereocenters. The molecule has 2 rings (SSSR count). The van der Waals surface area contributed by atoms with Gasteiger partial charge in [-0.25, -0.2) is 4.98 Å². The number of nitriles is 1. The molecule has 0 saturated carbocycles. The summed E-state index contributed by atoms with van der Waals surface area (Å²) in [5.74, 6) is 0.689. The summed E-state index contributed by atoms with van der Waals surface area (Å²) >= 11 is 0. The molecule has 2 heterocycles. The molecule has 0 aromatic carbocycles. The zero-order chi connectivity index (χ0) is 12.8. The number of anilines is 1. The third-order valence-electron chi connectivity index (χ3n) is 3.24. The number of rotatable bonds is 4. The van der Waals surface area contributed by atoms with Crippen LogP contribution < -0.4 is 5.32 Å². The average molecular weight is 245 g/mol. The van der Waals surface area contributed by atoms with Gasteiger partial charge in [-0.1, -0.05) is 0 Å². The molecule has 0 spiro atoms. The van der Waals surface area contributed by atoms with E-state index in [1.807, 2.05) is 0 Å². The van der Waals surface area contributed by atoms with Gasteiger partial charge in [0, 0.05) is 45.5 Å². The van der Waals surface area contributed by atoms with E-state index in [0.717, 1.165) is 39.3 Å². The smallest absolute Gasteiger partial charge is 0.143 e. The monoisotopic (exact) mass is 245 g/mol. The SMILES string of the molecule is CN1CCN(CCNc2ncccc2C#N)CC1. The van der Waals surface area contributed by atoms with Crippen molar-refractivity contribution in [2.24, 2.45) is 0 Å². The molecule has 0 bridgehead atoms. The summed E-state index contributed by atoms with van der Waals surface area (Å²) in [6, 6.07) is 5.71. The number of hydrogen-bond donors (Lipinski definition) is 1. The Bertz CT molecular complexity index is 418. The maximum absolute atomic E-state index is 8.95. The Labute approximate surface area is 108 Å². The average Bonchev–Trinajstić information content (AvgIpc) is 2.41. The summed E-state index contributed by atoms with van der Waals surface area (Å²) in [7, 11) is 2.16. The highest BCUT2D eigenvalue weighted by Crippen LogP contribution is 2.09. The van der Waals surface area contributed by atoms with Crippen molar-refractivity contribution in [1.29, 1.82) is 5.26 Å². The fourth-order valence-corrected chi connectivity index (χ4v) is 2.04. The quantitative estimate of drug-likeness (QED) is 0.842. The van der Waals surface area contributed by atoms with Crippen molar-refractivity contribution in [3.05, 3.63) is 23.9 Å². The lowest BCUT2D eigenvalue weighted by molar-refractivity contribution is 0.158. The standard InChI is InChI=1S/C13H19N5/c1-17-7-9-18(10-8-17)6-5-16-13-12(11-14)3-2-4-15-13/h2-4H,5-10H2,1H3,(H,15,16). The van der Waals surface area contributed by atoms with Gasteiger partial charge in [-0.3, -0.25) is 4.90 Å². The van der Waals surface area contributed by atoms with Crippen molar-refractivity contribution in [3.63, 3.8) is 0 Å². The third kappa shape index (κ3) is 3.42. The molecular formula is C13H19N5. The lowest BCUT2D eigenvalue weighted by atomic mass is 10.3. The largest absolute Gasteiger partial charge is 0.368 e. The molecule has 1 aromatic heterocycles. The van der Waals surface area contributed by atoms with E-state index in [1.165, 1.54) is 0 Å². The Morgan fingerprint density at radius 3 is 2.89 bits per heavy atom. The predicted octanol–water partition coefficient (Wildman–Crippen LogP) is 0.613. The first-order valence-corrected chi connectivity index (χ1v) is 6.29. The van der Waals surface area contributed by atoms with E-state index in [1.54, 1.807) is 18.3 Å². The molecule has 0 radical (unpaired) electrons. The summed E-state index contributed by atoms with van der Waals surface area (Å²) in [6.07, 6.45) is 1.71. The maximum Gasteiger partial charge on any atom is 0.143 e. The second kappa shape index (κ2) is 6.34. The molecule has 1 fully saturated rings. The van der Waals surface area contributed by atoms with Gasteiger partial charge in [-0.05, 0) is 19.2 Å². The Kier molecular flexibility index (Phi) is 4.51. The van der Waals surface area contributed by atoms with Crippen LogP contribution in [0.5, 0.6) is 0 Å². The fraction of sp³-hybridized carbons (Fsp3) is 0.538. The molecule has 1 aliphatic heterocycles. The molecule has 5 heteroatoms. The molecule has 1 aliphatic rings. The molecule has 0 aliphatic carbocycles. The van der Waals surface area contributed by atoms with Crippen LogP contribution in [0.15, 0.2) is 18.3 Å². The molecule has 0 atom stereocenters. The first-order chi connectivity index (χ1) is 8.79. The van der Waals surface area contributed by atoms with Gasteiger partial charge in [-0.2, -0.15) is 5.26 Å². The molecule has 96 valence electrons. The zero-order valence-corrected chi connectivity index (χ0v) is 10.8. The lowest BCUT2D eigenvalue weighted by Gasteiger charge is -2.32. The Morgan fingerprint density at radius 2 is 2.17 bits per heavy atom. The molecule has 0 amide bonds. The van der Waals surface area contributed by atoms with E-state index < -0.39 is 0 Å². The predicted molar refractivity (Wildman–Crippen MR) is 71.4 cm³/mol. The van der Waals surface area contributed by atoms with E-state index in [9.17, 15) is 0 Å². The van der Waals surface area contributed by atoms with Crippen molar-refractivity contribution in [2.45, 2.75) is 0 Å². The van der Waals surface area contributed by atoms with Crippen molar-refractivity contribution in [1.82, 2.24) is 14.8 Å². The molecule has 1 N–H and O–H groups in total. The number of nitrogens with zero attached hydrogens (tertiary/aromatic N) is 4. The number of nitrogens with one attached hydrogen (secondary N) is 1. The zero-order valence-electron chi connectivity index (χ0n) is 10.8. The van der Waals surface area contributed by atoms with Crippen LogP contribution in [0.1, 0.15) is 5.56 Å². The van der Waals surface area contributed by atoms with Crippen LogP contribution in [0.4, 0.5) is 5.82 Å². The fourth-order valence-electron chi connectivity index (χ4n) is 2.04. The highest BCUT2D eigenvalue weighted by molar-refractivity contribution is 5.51. The van der Waals surface area contributed by atoms with E-state index in [0.29, 0.717) is 11.4 Å². The van der Waals surface area contributed by atoms with Crippen molar-refractivity contribution < 1.29 is 0 Å². The number of piperazine rings is 1. The van der Waals surface area contributed by atoms with Gasteiger partial charge in [0.1, 0.15) is 11.9 Å². The first kappa shape index (κ1) is 12.8. The van der Waals surface area contributed by atoms with E-state index >= 15 is 0 Å². The molecule has 18 heavy (non-hydrogen) atoms. The minimum Gasteiger partial charge on any atom is -0.368 e. The van der Waals surface area contributed by atoms with Gasteiger partial charge in [0.2, 0.25) is 0 Å². The minimum atomic E-state index is 0.607. The van der Waals surface area contributed by atoms with Gasteiger partial charge < -0.3 is 10.2 Å². The Balaban J connectivity index is 1.77. The van der Waals surface area contributed by atoms with Crippen LogP contribution in [0.2, 0.25) is 0 Å². The minimum absolute atomic E-state index is 0.607. The van der Waals surface area contributed by atoms with Crippen molar-refractivity contribution in [2.75, 3.05) is 51.6 Å². The van der Waals surface area contributed by atoms with Crippen molar-refractivity contribution >= 4 is 5.82 Å². The van der Waals surface area contributed by atoms with Crippen LogP contribution in [0.25, 0.3) is 0 Å². The second-order valence-electron chi connectivity index (χ2n) is 4.58. The summed E-state index contributed by atoms with van der Waals surface area (Å²) in [5, 5.41) is 12.2. The van der Waals surface area contributed by atoms with Crippen LogP contribution in [0, 0.1) is 11.3 Å². The number of aromatic nitrogens is 1. The Morgan fingerprint density at radius 1 is 1.39 bits per heavy atom. The van der Waals surface area contributed by atoms with Gasteiger partial charge in [0.05, 0.1) is 5.56 Å². The highest BCUT2D eigenvalue weighted by atomic mass is 15.2. The number of likely N-dealkylation sites (N-methyl/N-ethyl adjacent to an activating group) is 1. The van der Waals surface area contributed by atoms with Crippen LogP contribution in [-0.4, -0.2) is 61.1 Å².